The molecule has 2 amide bonds. The van der Waals surface area contributed by atoms with Crippen LogP contribution in [0.15, 0.2) is 0 Å². The molecule has 20 heavy (non-hydrogen) atoms. The molecule has 6 nitrogen and oxygen atoms in total. The zero-order valence-electron chi connectivity index (χ0n) is 12.8. The minimum absolute atomic E-state index is 0.0651. The third-order valence-corrected chi connectivity index (χ3v) is 3.73. The van der Waals surface area contributed by atoms with E-state index in [0.717, 1.165) is 6.42 Å². The number of likely N-dealkylation sites (tertiary alicyclic amines) is 1. The van der Waals surface area contributed by atoms with E-state index in [0.29, 0.717) is 13.0 Å². The van der Waals surface area contributed by atoms with Gasteiger partial charge in [-0.2, -0.15) is 0 Å². The summed E-state index contributed by atoms with van der Waals surface area (Å²) in [6, 6.07) is -1.43. The van der Waals surface area contributed by atoms with Gasteiger partial charge in [0.05, 0.1) is 0 Å². The van der Waals surface area contributed by atoms with E-state index in [2.05, 4.69) is 0 Å². The molecule has 0 spiro atoms. The van der Waals surface area contributed by atoms with Crippen LogP contribution in [-0.4, -0.2) is 58.4 Å². The standard InChI is InChI=1S/C14H24N2O4/c1-9(12(18)19)15(5)11(17)10-7-6-8-16(10)13(20)14(2,3)4/h9-10H,6-8H2,1-5H3,(H,18,19). The highest BCUT2D eigenvalue weighted by Crippen LogP contribution is 2.26. The SMILES string of the molecule is CC(C(=O)O)N(C)C(=O)C1CCCN1C(=O)C(C)(C)C. The summed E-state index contributed by atoms with van der Waals surface area (Å²) in [4.78, 5) is 38.5. The Labute approximate surface area is 119 Å². The molecule has 0 radical (unpaired) electrons. The molecule has 2 atom stereocenters. The highest BCUT2D eigenvalue weighted by Gasteiger charge is 2.40. The van der Waals surface area contributed by atoms with Crippen LogP contribution in [0.5, 0.6) is 0 Å². The fourth-order valence-electron chi connectivity index (χ4n) is 2.29. The first kappa shape index (κ1) is 16.5. The normalized spacial score (nSPS) is 20.6. The van der Waals surface area contributed by atoms with Crippen molar-refractivity contribution in [1.29, 1.82) is 0 Å². The van der Waals surface area contributed by atoms with Crippen molar-refractivity contribution >= 4 is 17.8 Å². The molecule has 6 heteroatoms. The molecule has 0 saturated carbocycles. The average Bonchev–Trinajstić information content (AvgIpc) is 2.82. The Morgan fingerprint density at radius 1 is 1.30 bits per heavy atom. The monoisotopic (exact) mass is 284 g/mol. The van der Waals surface area contributed by atoms with Crippen LogP contribution in [0.1, 0.15) is 40.5 Å². The Balaban J connectivity index is 2.87. The molecule has 1 heterocycles. The number of nitrogens with zero attached hydrogens (tertiary/aromatic N) is 2. The largest absolute Gasteiger partial charge is 0.480 e. The molecular weight excluding hydrogens is 260 g/mol. The van der Waals surface area contributed by atoms with Crippen LogP contribution in [0.3, 0.4) is 0 Å². The molecule has 0 aromatic rings. The van der Waals surface area contributed by atoms with E-state index in [1.807, 2.05) is 20.8 Å². The topological polar surface area (TPSA) is 77.9 Å². The predicted molar refractivity (Wildman–Crippen MR) is 74.1 cm³/mol. The van der Waals surface area contributed by atoms with Gasteiger partial charge >= 0.3 is 5.97 Å². The first-order valence-electron chi connectivity index (χ1n) is 6.88. The Bertz CT molecular complexity index is 414. The lowest BCUT2D eigenvalue weighted by Crippen LogP contribution is -2.52. The van der Waals surface area contributed by atoms with Gasteiger partial charge in [0, 0.05) is 19.0 Å². The number of hydrogen-bond acceptors (Lipinski definition) is 3. The number of carboxylic acid groups (broad SMARTS) is 1. The summed E-state index contributed by atoms with van der Waals surface area (Å²) < 4.78 is 0. The van der Waals surface area contributed by atoms with Crippen LogP contribution in [0.4, 0.5) is 0 Å². The van der Waals surface area contributed by atoms with Gasteiger partial charge in [0.1, 0.15) is 12.1 Å². The minimum Gasteiger partial charge on any atom is -0.480 e. The number of rotatable bonds is 3. The molecule has 114 valence electrons. The number of likely N-dealkylation sites (N-methyl/N-ethyl adjacent to an activating group) is 1. The van der Waals surface area contributed by atoms with Gasteiger partial charge in [-0.05, 0) is 19.8 Å². The fraction of sp³-hybridized carbons (Fsp3) is 0.786. The van der Waals surface area contributed by atoms with Gasteiger partial charge in [-0.15, -0.1) is 0 Å². The van der Waals surface area contributed by atoms with Crippen LogP contribution in [0.2, 0.25) is 0 Å². The van der Waals surface area contributed by atoms with Crippen molar-refractivity contribution in [1.82, 2.24) is 9.80 Å². The van der Waals surface area contributed by atoms with E-state index >= 15 is 0 Å². The summed E-state index contributed by atoms with van der Waals surface area (Å²) >= 11 is 0. The van der Waals surface area contributed by atoms with Crippen LogP contribution >= 0.6 is 0 Å². The summed E-state index contributed by atoms with van der Waals surface area (Å²) in [6.07, 6.45) is 1.37. The number of carboxylic acids is 1. The molecule has 1 N–H and O–H groups in total. The molecule has 1 aliphatic rings. The lowest BCUT2D eigenvalue weighted by atomic mass is 9.94. The van der Waals surface area contributed by atoms with Crippen molar-refractivity contribution < 1.29 is 19.5 Å². The second kappa shape index (κ2) is 5.81. The van der Waals surface area contributed by atoms with E-state index in [4.69, 9.17) is 5.11 Å². The van der Waals surface area contributed by atoms with E-state index in [-0.39, 0.29) is 11.8 Å². The second-order valence-corrected chi connectivity index (χ2v) is 6.37. The smallest absolute Gasteiger partial charge is 0.326 e. The molecule has 1 aliphatic heterocycles. The summed E-state index contributed by atoms with van der Waals surface area (Å²) in [5.74, 6) is -1.41. The van der Waals surface area contributed by atoms with E-state index in [1.165, 1.54) is 18.9 Å². The lowest BCUT2D eigenvalue weighted by Gasteiger charge is -2.33. The third-order valence-electron chi connectivity index (χ3n) is 3.73. The molecule has 0 aromatic heterocycles. The Hall–Kier alpha value is -1.59. The predicted octanol–water partition coefficient (Wildman–Crippen LogP) is 0.955. The summed E-state index contributed by atoms with van der Waals surface area (Å²) in [5.41, 5.74) is -0.542. The number of aliphatic carboxylic acids is 1. The van der Waals surface area contributed by atoms with Crippen molar-refractivity contribution in [3.8, 4) is 0 Å². The quantitative estimate of drug-likeness (QED) is 0.837. The van der Waals surface area contributed by atoms with Gasteiger partial charge < -0.3 is 14.9 Å². The van der Waals surface area contributed by atoms with Gasteiger partial charge in [-0.25, -0.2) is 4.79 Å². The summed E-state index contributed by atoms with van der Waals surface area (Å²) in [6.45, 7) is 7.48. The number of carbonyl (C=O) groups is 3. The molecule has 0 aliphatic carbocycles. The maximum Gasteiger partial charge on any atom is 0.326 e. The average molecular weight is 284 g/mol. The molecule has 1 saturated heterocycles. The molecule has 1 rings (SSSR count). The van der Waals surface area contributed by atoms with Crippen LogP contribution < -0.4 is 0 Å². The Kier molecular flexibility index (Phi) is 4.78. The number of amides is 2. The highest BCUT2D eigenvalue weighted by atomic mass is 16.4. The molecule has 1 fully saturated rings. The Morgan fingerprint density at radius 2 is 1.85 bits per heavy atom. The lowest BCUT2D eigenvalue weighted by molar-refractivity contribution is -0.153. The first-order valence-corrected chi connectivity index (χ1v) is 6.88. The maximum absolute atomic E-state index is 12.4. The highest BCUT2D eigenvalue weighted by molar-refractivity contribution is 5.92. The van der Waals surface area contributed by atoms with Gasteiger partial charge in [-0.1, -0.05) is 20.8 Å². The minimum atomic E-state index is -1.05. The summed E-state index contributed by atoms with van der Waals surface area (Å²) in [5, 5.41) is 8.97. The van der Waals surface area contributed by atoms with E-state index in [9.17, 15) is 14.4 Å². The van der Waals surface area contributed by atoms with Crippen molar-refractivity contribution in [2.24, 2.45) is 5.41 Å². The molecule has 2 unspecified atom stereocenters. The fourth-order valence-corrected chi connectivity index (χ4v) is 2.29. The van der Waals surface area contributed by atoms with Crippen LogP contribution in [0.25, 0.3) is 0 Å². The first-order chi connectivity index (χ1) is 9.07. The Morgan fingerprint density at radius 3 is 2.30 bits per heavy atom. The third kappa shape index (κ3) is 3.29. The zero-order chi connectivity index (χ0) is 15.7. The maximum atomic E-state index is 12.4. The summed E-state index contributed by atoms with van der Waals surface area (Å²) in [7, 11) is 1.47. The van der Waals surface area contributed by atoms with Crippen molar-refractivity contribution in [2.75, 3.05) is 13.6 Å². The van der Waals surface area contributed by atoms with Crippen LogP contribution in [-0.2, 0) is 14.4 Å². The number of hydrogen-bond donors (Lipinski definition) is 1. The number of carbonyl (C=O) groups excluding carboxylic acids is 2. The van der Waals surface area contributed by atoms with Gasteiger partial charge in [0.15, 0.2) is 0 Å². The van der Waals surface area contributed by atoms with E-state index in [1.54, 1.807) is 4.90 Å². The molecule has 0 aromatic carbocycles. The van der Waals surface area contributed by atoms with Crippen molar-refractivity contribution in [2.45, 2.75) is 52.6 Å². The van der Waals surface area contributed by atoms with E-state index < -0.39 is 23.5 Å². The molecule has 0 bridgehead atoms. The van der Waals surface area contributed by atoms with Gasteiger partial charge in [-0.3, -0.25) is 9.59 Å². The van der Waals surface area contributed by atoms with Gasteiger partial charge in [0.25, 0.3) is 0 Å². The van der Waals surface area contributed by atoms with Gasteiger partial charge in [0.2, 0.25) is 11.8 Å². The second-order valence-electron chi connectivity index (χ2n) is 6.37. The van der Waals surface area contributed by atoms with Crippen LogP contribution in [0, 0.1) is 5.41 Å². The molecular formula is C14H24N2O4. The zero-order valence-corrected chi connectivity index (χ0v) is 12.8. The van der Waals surface area contributed by atoms with Crippen molar-refractivity contribution in [3.05, 3.63) is 0 Å². The van der Waals surface area contributed by atoms with Crippen molar-refractivity contribution in [3.63, 3.8) is 0 Å².